The Hall–Kier alpha value is -2.94. The van der Waals surface area contributed by atoms with Gasteiger partial charge in [0.25, 0.3) is 0 Å². The average Bonchev–Trinajstić information content (AvgIpc) is 3.21. The third-order valence-corrected chi connectivity index (χ3v) is 9.65. The average molecular weight is 589 g/mol. The van der Waals surface area contributed by atoms with Gasteiger partial charge in [0, 0.05) is 25.8 Å². The van der Waals surface area contributed by atoms with E-state index in [-0.39, 0.29) is 36.1 Å². The van der Waals surface area contributed by atoms with Crippen LogP contribution in [0.4, 0.5) is 0 Å². The Labute approximate surface area is 250 Å². The Morgan fingerprint density at radius 1 is 1.07 bits per heavy atom. The number of ether oxygens (including phenoxy) is 5. The van der Waals surface area contributed by atoms with Gasteiger partial charge in [-0.25, -0.2) is 0 Å². The fourth-order valence-corrected chi connectivity index (χ4v) is 6.98. The molecule has 3 aliphatic rings. The van der Waals surface area contributed by atoms with E-state index in [0.29, 0.717) is 44.1 Å². The van der Waals surface area contributed by atoms with Gasteiger partial charge in [-0.1, -0.05) is 59.4 Å². The number of esters is 4. The lowest BCUT2D eigenvalue weighted by Gasteiger charge is -2.61. The molecule has 1 saturated carbocycles. The summed E-state index contributed by atoms with van der Waals surface area (Å²) in [7, 11) is 0. The first kappa shape index (κ1) is 33.6. The van der Waals surface area contributed by atoms with E-state index in [9.17, 15) is 19.2 Å². The molecule has 234 valence electrons. The molecule has 3 rings (SSSR count). The van der Waals surface area contributed by atoms with E-state index >= 15 is 0 Å². The topological polar surface area (TPSA) is 114 Å². The highest BCUT2D eigenvalue weighted by Gasteiger charge is 2.72. The Morgan fingerprint density at radius 2 is 1.74 bits per heavy atom. The summed E-state index contributed by atoms with van der Waals surface area (Å²) < 4.78 is 30.0. The lowest BCUT2D eigenvalue weighted by Crippen LogP contribution is -2.64. The molecule has 0 amide bonds. The third-order valence-electron chi connectivity index (χ3n) is 9.65. The second-order valence-electron chi connectivity index (χ2n) is 12.4. The van der Waals surface area contributed by atoms with Crippen LogP contribution in [-0.4, -0.2) is 48.7 Å². The Morgan fingerprint density at radius 3 is 2.31 bits per heavy atom. The van der Waals surface area contributed by atoms with E-state index in [4.69, 9.17) is 23.7 Å². The van der Waals surface area contributed by atoms with Crippen molar-refractivity contribution in [2.45, 2.75) is 118 Å². The molecule has 9 nitrogen and oxygen atoms in total. The Kier molecular flexibility index (Phi) is 10.8. The van der Waals surface area contributed by atoms with Crippen molar-refractivity contribution in [1.82, 2.24) is 0 Å². The van der Waals surface area contributed by atoms with Gasteiger partial charge in [0.05, 0.1) is 5.92 Å². The zero-order chi connectivity index (χ0) is 31.4. The molecule has 0 aromatic heterocycles. The molecule has 42 heavy (non-hydrogen) atoms. The van der Waals surface area contributed by atoms with E-state index in [1.54, 1.807) is 12.2 Å². The zero-order valence-corrected chi connectivity index (χ0v) is 26.2. The maximum absolute atomic E-state index is 13.0. The highest BCUT2D eigenvalue weighted by Crippen LogP contribution is 2.68. The first-order valence-corrected chi connectivity index (χ1v) is 15.2. The first-order chi connectivity index (χ1) is 19.7. The number of hydrogen-bond donors (Lipinski definition) is 0. The largest absolute Gasteiger partial charge is 0.461 e. The summed E-state index contributed by atoms with van der Waals surface area (Å²) in [4.78, 5) is 50.8. The molecule has 2 aliphatic carbocycles. The molecule has 0 radical (unpaired) electrons. The summed E-state index contributed by atoms with van der Waals surface area (Å²) in [6.45, 7) is 20.5. The minimum atomic E-state index is -1.22. The Balaban J connectivity index is 2.28. The van der Waals surface area contributed by atoms with E-state index in [1.807, 2.05) is 20.8 Å². The van der Waals surface area contributed by atoms with Crippen molar-refractivity contribution < 1.29 is 42.9 Å². The Bertz CT molecular complexity index is 1110. The second kappa shape index (κ2) is 13.6. The van der Waals surface area contributed by atoms with Crippen molar-refractivity contribution in [3.63, 3.8) is 0 Å². The van der Waals surface area contributed by atoms with Gasteiger partial charge in [0.1, 0.15) is 17.6 Å². The van der Waals surface area contributed by atoms with Crippen LogP contribution in [0.15, 0.2) is 36.5 Å². The molecule has 0 N–H and O–H groups in total. The number of carbonyl (C=O) groups is 4. The van der Waals surface area contributed by atoms with E-state index in [1.165, 1.54) is 13.8 Å². The monoisotopic (exact) mass is 588 g/mol. The van der Waals surface area contributed by atoms with Crippen molar-refractivity contribution in [1.29, 1.82) is 0 Å². The summed E-state index contributed by atoms with van der Waals surface area (Å²) >= 11 is 0. The van der Waals surface area contributed by atoms with Crippen molar-refractivity contribution in [2.24, 2.45) is 28.6 Å². The molecule has 9 heteroatoms. The van der Waals surface area contributed by atoms with Crippen molar-refractivity contribution >= 4 is 23.9 Å². The maximum atomic E-state index is 13.0. The highest BCUT2D eigenvalue weighted by atomic mass is 16.8. The molecular weight excluding hydrogens is 540 g/mol. The van der Waals surface area contributed by atoms with Gasteiger partial charge < -0.3 is 18.9 Å². The summed E-state index contributed by atoms with van der Waals surface area (Å²) in [5.74, 6) is -2.49. The summed E-state index contributed by atoms with van der Waals surface area (Å²) in [5.41, 5.74) is -0.229. The van der Waals surface area contributed by atoms with E-state index in [2.05, 4.69) is 27.0 Å². The SMILES string of the molecule is C=CC(=C)CCC1(C)C(C)CC(OC(=O)CCC)C23C(=CC(OC(=O)C(C)CC)CC12)C(OC(C)=O)OC3OC(C)=O. The molecule has 0 aromatic rings. The number of hydrogen-bond acceptors (Lipinski definition) is 9. The molecule has 1 heterocycles. The quantitative estimate of drug-likeness (QED) is 0.118. The smallest absolute Gasteiger partial charge is 0.309 e. The normalized spacial score (nSPS) is 34.1. The molecular formula is C33H48O9. The lowest BCUT2D eigenvalue weighted by molar-refractivity contribution is -0.258. The number of rotatable bonds is 12. The fraction of sp³-hybridized carbons (Fsp3) is 0.697. The first-order valence-electron chi connectivity index (χ1n) is 15.2. The van der Waals surface area contributed by atoms with Crippen LogP contribution in [0, 0.1) is 28.6 Å². The second-order valence-corrected chi connectivity index (χ2v) is 12.4. The summed E-state index contributed by atoms with van der Waals surface area (Å²) in [6, 6.07) is 0. The number of allylic oxidation sites excluding steroid dienone is 2. The summed E-state index contributed by atoms with van der Waals surface area (Å²) in [5, 5.41) is 0. The van der Waals surface area contributed by atoms with Gasteiger partial charge in [0.2, 0.25) is 12.6 Å². The van der Waals surface area contributed by atoms with Crippen LogP contribution in [0.2, 0.25) is 0 Å². The van der Waals surface area contributed by atoms with Crippen LogP contribution < -0.4 is 0 Å². The van der Waals surface area contributed by atoms with Gasteiger partial charge in [-0.15, -0.1) is 0 Å². The highest BCUT2D eigenvalue weighted by molar-refractivity contribution is 5.72. The molecule has 2 fully saturated rings. The lowest BCUT2D eigenvalue weighted by atomic mass is 9.45. The molecule has 1 aliphatic heterocycles. The van der Waals surface area contributed by atoms with Crippen LogP contribution in [-0.2, 0) is 42.9 Å². The van der Waals surface area contributed by atoms with Crippen LogP contribution in [0.1, 0.15) is 93.4 Å². The predicted octanol–water partition coefficient (Wildman–Crippen LogP) is 5.97. The van der Waals surface area contributed by atoms with Crippen LogP contribution >= 0.6 is 0 Å². The molecule has 1 saturated heterocycles. The van der Waals surface area contributed by atoms with E-state index in [0.717, 1.165) is 5.57 Å². The molecule has 0 aromatic carbocycles. The standard InChI is InChI=1S/C33H48O9/c1-10-13-28(36)41-27-16-21(6)32(9,15-14-19(4)11-2)26-18-24(40-29(37)20(5)12-3)17-25-30(38-22(7)34)42-31(33(25,26)27)39-23(8)35/h11,17,20-21,24,26-27,30-31H,2,4,10,12-16,18H2,1,3,5-9H3. The van der Waals surface area contributed by atoms with Gasteiger partial charge in [-0.3, -0.25) is 23.9 Å². The molecule has 1 spiro atoms. The zero-order valence-electron chi connectivity index (χ0n) is 26.2. The van der Waals surface area contributed by atoms with Crippen molar-refractivity contribution in [3.8, 4) is 0 Å². The minimum absolute atomic E-state index is 0.0428. The predicted molar refractivity (Wildman–Crippen MR) is 155 cm³/mol. The van der Waals surface area contributed by atoms with Crippen LogP contribution in [0.3, 0.4) is 0 Å². The van der Waals surface area contributed by atoms with Crippen LogP contribution in [0.25, 0.3) is 0 Å². The molecule has 9 atom stereocenters. The fourth-order valence-electron chi connectivity index (χ4n) is 6.98. The van der Waals surface area contributed by atoms with Gasteiger partial charge in [-0.2, -0.15) is 0 Å². The maximum Gasteiger partial charge on any atom is 0.309 e. The number of carbonyl (C=O) groups excluding carboxylic acids is 4. The van der Waals surface area contributed by atoms with Crippen molar-refractivity contribution in [2.75, 3.05) is 0 Å². The third kappa shape index (κ3) is 6.51. The van der Waals surface area contributed by atoms with Crippen LogP contribution in [0.5, 0.6) is 0 Å². The van der Waals surface area contributed by atoms with E-state index < -0.39 is 47.6 Å². The minimum Gasteiger partial charge on any atom is -0.461 e. The van der Waals surface area contributed by atoms with Gasteiger partial charge in [-0.05, 0) is 61.9 Å². The molecule has 0 bridgehead atoms. The van der Waals surface area contributed by atoms with Crippen molar-refractivity contribution in [3.05, 3.63) is 36.5 Å². The molecule has 9 unspecified atom stereocenters. The van der Waals surface area contributed by atoms with Gasteiger partial charge >= 0.3 is 23.9 Å². The summed E-state index contributed by atoms with van der Waals surface area (Å²) in [6.07, 6.45) is 3.35. The van der Waals surface area contributed by atoms with Gasteiger partial charge in [0.15, 0.2) is 0 Å².